The number of hydrogen-bond donors (Lipinski definition) is 0. The zero-order valence-electron chi connectivity index (χ0n) is 16.5. The first-order chi connectivity index (χ1) is 13.8. The van der Waals surface area contributed by atoms with Crippen molar-refractivity contribution in [2.45, 2.75) is 32.5 Å². The van der Waals surface area contributed by atoms with Crippen molar-refractivity contribution < 1.29 is 9.53 Å². The number of aromatic nitrogens is 3. The van der Waals surface area contributed by atoms with Crippen LogP contribution in [0.25, 0.3) is 6.08 Å². The second-order valence-electron chi connectivity index (χ2n) is 7.75. The minimum atomic E-state index is -1.04. The van der Waals surface area contributed by atoms with Gasteiger partial charge in [0, 0.05) is 24.4 Å². The highest BCUT2D eigenvalue weighted by molar-refractivity contribution is 7.07. The molecule has 0 spiro atoms. The first-order valence-corrected chi connectivity index (χ1v) is 10.2. The van der Waals surface area contributed by atoms with Crippen molar-refractivity contribution >= 4 is 23.2 Å². The van der Waals surface area contributed by atoms with Gasteiger partial charge in [0.05, 0.1) is 16.3 Å². The first-order valence-electron chi connectivity index (χ1n) is 9.40. The van der Waals surface area contributed by atoms with Crippen LogP contribution >= 0.6 is 11.3 Å². The minimum absolute atomic E-state index is 0.0480. The van der Waals surface area contributed by atoms with Crippen LogP contribution in [0.5, 0.6) is 5.75 Å². The van der Waals surface area contributed by atoms with Crippen LogP contribution in [0, 0.1) is 12.8 Å². The summed E-state index contributed by atoms with van der Waals surface area (Å²) in [5, 5.41) is 4.34. The zero-order valence-corrected chi connectivity index (χ0v) is 17.4. The zero-order chi connectivity index (χ0) is 20.5. The SMILES string of the molecule is CC(=O)[C@@H]1[C@H]2c3ccccc3O[C@@]1(C)N=c1s/c(=C/c3cn(C)nc3C)c(=O)n12. The Labute approximate surface area is 170 Å². The Kier molecular flexibility index (Phi) is 3.73. The summed E-state index contributed by atoms with van der Waals surface area (Å²) in [7, 11) is 1.85. The number of rotatable bonds is 2. The standard InChI is InChI=1S/C21H20N4O3S/c1-11-13(10-24(4)23-11)9-16-19(27)25-18-14-7-5-6-8-15(14)28-21(3,17(18)12(2)26)22-20(25)29-16/h5-10,17-18H,1-4H3/b16-9+/t17-,18-,21-/m1/s1. The maximum absolute atomic E-state index is 13.4. The third-order valence-corrected chi connectivity index (χ3v) is 6.64. The number of aryl methyl sites for hydroxylation is 2. The normalized spacial score (nSPS) is 25.0. The largest absolute Gasteiger partial charge is 0.465 e. The van der Waals surface area contributed by atoms with Crippen LogP contribution in [0.1, 0.15) is 36.7 Å². The lowest BCUT2D eigenvalue weighted by Gasteiger charge is -2.45. The molecule has 5 rings (SSSR count). The van der Waals surface area contributed by atoms with Gasteiger partial charge in [0.2, 0.25) is 5.72 Å². The average molecular weight is 408 g/mol. The Morgan fingerprint density at radius 1 is 1.34 bits per heavy atom. The van der Waals surface area contributed by atoms with Gasteiger partial charge in [0.1, 0.15) is 17.5 Å². The van der Waals surface area contributed by atoms with Crippen molar-refractivity contribution in [3.05, 3.63) is 67.0 Å². The molecular weight excluding hydrogens is 388 g/mol. The van der Waals surface area contributed by atoms with Gasteiger partial charge < -0.3 is 4.74 Å². The summed E-state index contributed by atoms with van der Waals surface area (Å²) in [5.74, 6) is 0.0527. The van der Waals surface area contributed by atoms with E-state index in [1.54, 1.807) is 9.25 Å². The molecular formula is C21H20N4O3S. The summed E-state index contributed by atoms with van der Waals surface area (Å²) in [4.78, 5) is 31.4. The monoisotopic (exact) mass is 408 g/mol. The van der Waals surface area contributed by atoms with E-state index in [0.29, 0.717) is 15.1 Å². The molecule has 8 heteroatoms. The topological polar surface area (TPSA) is 78.5 Å². The van der Waals surface area contributed by atoms with Crippen molar-refractivity contribution in [2.75, 3.05) is 0 Å². The van der Waals surface area contributed by atoms with E-state index in [1.807, 2.05) is 57.4 Å². The Morgan fingerprint density at radius 3 is 2.79 bits per heavy atom. The number of hydrogen-bond acceptors (Lipinski definition) is 6. The molecule has 0 unspecified atom stereocenters. The van der Waals surface area contributed by atoms with Gasteiger partial charge in [-0.25, -0.2) is 4.99 Å². The molecule has 2 bridgehead atoms. The Balaban J connectivity index is 1.82. The molecule has 0 saturated heterocycles. The van der Waals surface area contributed by atoms with Crippen molar-refractivity contribution in [3.8, 4) is 5.75 Å². The van der Waals surface area contributed by atoms with Gasteiger partial charge in [0.25, 0.3) is 5.56 Å². The molecule has 0 radical (unpaired) electrons. The molecule has 0 aliphatic carbocycles. The highest BCUT2D eigenvalue weighted by Gasteiger charge is 2.53. The van der Waals surface area contributed by atoms with E-state index in [1.165, 1.54) is 18.3 Å². The van der Waals surface area contributed by atoms with E-state index in [9.17, 15) is 9.59 Å². The summed E-state index contributed by atoms with van der Waals surface area (Å²) in [6.07, 6.45) is 3.73. The molecule has 2 aliphatic rings. The van der Waals surface area contributed by atoms with Crippen molar-refractivity contribution in [2.24, 2.45) is 18.0 Å². The number of nitrogens with zero attached hydrogens (tertiary/aromatic N) is 4. The van der Waals surface area contributed by atoms with Crippen molar-refractivity contribution in [3.63, 3.8) is 0 Å². The van der Waals surface area contributed by atoms with Gasteiger partial charge in [-0.2, -0.15) is 5.10 Å². The molecule has 2 aliphatic heterocycles. The molecule has 29 heavy (non-hydrogen) atoms. The minimum Gasteiger partial charge on any atom is -0.465 e. The smallest absolute Gasteiger partial charge is 0.270 e. The number of carbonyl (C=O) groups is 1. The number of thiazole rings is 1. The Morgan fingerprint density at radius 2 is 2.10 bits per heavy atom. The van der Waals surface area contributed by atoms with Gasteiger partial charge in [0.15, 0.2) is 4.80 Å². The highest BCUT2D eigenvalue weighted by Crippen LogP contribution is 2.47. The van der Waals surface area contributed by atoms with E-state index >= 15 is 0 Å². The highest BCUT2D eigenvalue weighted by atomic mass is 32.1. The predicted molar refractivity (Wildman–Crippen MR) is 109 cm³/mol. The quantitative estimate of drug-likeness (QED) is 0.641. The summed E-state index contributed by atoms with van der Waals surface area (Å²) >= 11 is 1.32. The molecule has 148 valence electrons. The summed E-state index contributed by atoms with van der Waals surface area (Å²) < 4.78 is 10.1. The molecule has 0 fully saturated rings. The molecule has 0 N–H and O–H groups in total. The van der Waals surface area contributed by atoms with Crippen LogP contribution < -0.4 is 19.6 Å². The lowest BCUT2D eigenvalue weighted by atomic mass is 9.79. The maximum Gasteiger partial charge on any atom is 0.270 e. The van der Waals surface area contributed by atoms with E-state index in [-0.39, 0.29) is 11.3 Å². The lowest BCUT2D eigenvalue weighted by molar-refractivity contribution is -0.132. The Bertz CT molecular complexity index is 1350. The molecule has 1 aromatic carbocycles. The summed E-state index contributed by atoms with van der Waals surface area (Å²) in [5.41, 5.74) is 1.39. The molecule has 2 aromatic heterocycles. The summed E-state index contributed by atoms with van der Waals surface area (Å²) in [6.45, 7) is 5.27. The van der Waals surface area contributed by atoms with E-state index < -0.39 is 17.7 Å². The van der Waals surface area contributed by atoms with Crippen LogP contribution in [-0.4, -0.2) is 25.9 Å². The van der Waals surface area contributed by atoms with Crippen molar-refractivity contribution in [1.82, 2.24) is 14.3 Å². The van der Waals surface area contributed by atoms with Crippen LogP contribution in [0.15, 0.2) is 40.2 Å². The number of carbonyl (C=O) groups excluding carboxylic acids is 1. The van der Waals surface area contributed by atoms with Crippen molar-refractivity contribution in [1.29, 1.82) is 0 Å². The maximum atomic E-state index is 13.4. The van der Waals surface area contributed by atoms with Crippen LogP contribution in [0.2, 0.25) is 0 Å². The number of fused-ring (bicyclic) bond motifs is 6. The predicted octanol–water partition coefficient (Wildman–Crippen LogP) is 1.32. The summed E-state index contributed by atoms with van der Waals surface area (Å²) in [6, 6.07) is 7.13. The molecule has 7 nitrogen and oxygen atoms in total. The van der Waals surface area contributed by atoms with Crippen LogP contribution in [0.4, 0.5) is 0 Å². The average Bonchev–Trinajstić information content (AvgIpc) is 3.11. The number of Topliss-reactive ketones (excluding diaryl/α,β-unsaturated/α-hetero) is 1. The number of ether oxygens (including phenoxy) is 1. The van der Waals surface area contributed by atoms with Gasteiger partial charge >= 0.3 is 0 Å². The Hall–Kier alpha value is -3.00. The van der Waals surface area contributed by atoms with Gasteiger partial charge in [-0.1, -0.05) is 29.5 Å². The van der Waals surface area contributed by atoms with Gasteiger partial charge in [-0.05, 0) is 32.9 Å². The van der Waals surface area contributed by atoms with Gasteiger partial charge in [-0.15, -0.1) is 0 Å². The molecule has 4 heterocycles. The molecule has 3 atom stereocenters. The number of ketones is 1. The fourth-order valence-corrected chi connectivity index (χ4v) is 5.55. The molecule has 0 amide bonds. The fourth-order valence-electron chi connectivity index (χ4n) is 4.46. The number of para-hydroxylation sites is 1. The third kappa shape index (κ3) is 2.55. The molecule has 3 aromatic rings. The fraction of sp³-hybridized carbons (Fsp3) is 0.333. The van der Waals surface area contributed by atoms with E-state index in [4.69, 9.17) is 9.73 Å². The second-order valence-corrected chi connectivity index (χ2v) is 8.76. The molecule has 0 saturated carbocycles. The van der Waals surface area contributed by atoms with Crippen LogP contribution in [-0.2, 0) is 11.8 Å². The first kappa shape index (κ1) is 18.1. The number of benzene rings is 1. The second kappa shape index (κ2) is 6.00. The van der Waals surface area contributed by atoms with Gasteiger partial charge in [-0.3, -0.25) is 18.8 Å². The third-order valence-electron chi connectivity index (χ3n) is 5.66. The lowest BCUT2D eigenvalue weighted by Crippen LogP contribution is -2.58. The van der Waals surface area contributed by atoms with E-state index in [0.717, 1.165) is 16.8 Å². The van der Waals surface area contributed by atoms with E-state index in [2.05, 4.69) is 5.10 Å². The van der Waals surface area contributed by atoms with Crippen LogP contribution in [0.3, 0.4) is 0 Å².